The summed E-state index contributed by atoms with van der Waals surface area (Å²) >= 11 is 0. The van der Waals surface area contributed by atoms with Crippen molar-refractivity contribution in [3.63, 3.8) is 0 Å². The van der Waals surface area contributed by atoms with Crippen LogP contribution in [0.2, 0.25) is 0 Å². The van der Waals surface area contributed by atoms with Gasteiger partial charge in [0.05, 0.1) is 30.8 Å². The molecule has 0 unspecified atom stereocenters. The van der Waals surface area contributed by atoms with Gasteiger partial charge >= 0.3 is 6.09 Å². The first-order chi connectivity index (χ1) is 17.2. The SMILES string of the molecule is CC(C)(C)COS(=O)(=O)CC[C@H](NC(=O)OCc1ccccc1)[C@@H](CCc1ccccc1)OS(C)(=O)=O. The van der Waals surface area contributed by atoms with Crippen LogP contribution in [0.3, 0.4) is 0 Å². The van der Waals surface area contributed by atoms with Gasteiger partial charge in [-0.15, -0.1) is 0 Å². The topological polar surface area (TPSA) is 125 Å². The molecule has 9 nitrogen and oxygen atoms in total. The molecule has 2 atom stereocenters. The van der Waals surface area contributed by atoms with Crippen LogP contribution in [-0.4, -0.2) is 53.7 Å². The van der Waals surface area contributed by atoms with Crippen molar-refractivity contribution in [3.05, 3.63) is 71.8 Å². The summed E-state index contributed by atoms with van der Waals surface area (Å²) in [5.41, 5.74) is 1.33. The Hall–Kier alpha value is -2.47. The summed E-state index contributed by atoms with van der Waals surface area (Å²) in [4.78, 5) is 12.6. The molecule has 1 N–H and O–H groups in total. The summed E-state index contributed by atoms with van der Waals surface area (Å²) < 4.78 is 65.0. The number of hydrogen-bond donors (Lipinski definition) is 1. The van der Waals surface area contributed by atoms with E-state index in [1.807, 2.05) is 57.2 Å². The summed E-state index contributed by atoms with van der Waals surface area (Å²) in [6.07, 6.45) is -0.408. The van der Waals surface area contributed by atoms with Crippen LogP contribution in [0.4, 0.5) is 4.79 Å². The summed E-state index contributed by atoms with van der Waals surface area (Å²) in [6.45, 7) is 5.51. The van der Waals surface area contributed by atoms with E-state index in [4.69, 9.17) is 13.1 Å². The molecule has 0 heterocycles. The maximum absolute atomic E-state index is 12.6. The lowest BCUT2D eigenvalue weighted by Gasteiger charge is -2.27. The number of carbonyl (C=O) groups is 1. The highest BCUT2D eigenvalue weighted by Gasteiger charge is 2.30. The first-order valence-corrected chi connectivity index (χ1v) is 15.4. The molecule has 0 aliphatic rings. The van der Waals surface area contributed by atoms with Crippen molar-refractivity contribution in [2.75, 3.05) is 18.6 Å². The van der Waals surface area contributed by atoms with Crippen LogP contribution in [0, 0.1) is 5.41 Å². The minimum atomic E-state index is -3.94. The number of nitrogens with one attached hydrogen (secondary N) is 1. The van der Waals surface area contributed by atoms with E-state index in [2.05, 4.69) is 5.32 Å². The average Bonchev–Trinajstić information content (AvgIpc) is 2.82. The van der Waals surface area contributed by atoms with Crippen molar-refractivity contribution in [2.45, 2.75) is 58.8 Å². The zero-order valence-corrected chi connectivity index (χ0v) is 23.4. The minimum absolute atomic E-state index is 0.00595. The van der Waals surface area contributed by atoms with Gasteiger partial charge in [0.25, 0.3) is 20.2 Å². The molecule has 2 rings (SSSR count). The number of amides is 1. The van der Waals surface area contributed by atoms with Crippen molar-refractivity contribution < 1.29 is 34.7 Å². The first kappa shape index (κ1) is 30.8. The maximum atomic E-state index is 12.6. The molecule has 0 spiro atoms. The molecular formula is C26H37NO8S2. The summed E-state index contributed by atoms with van der Waals surface area (Å²) in [5.74, 6) is -0.443. The molecule has 0 aliphatic heterocycles. The lowest BCUT2D eigenvalue weighted by molar-refractivity contribution is 0.110. The molecule has 2 aromatic carbocycles. The van der Waals surface area contributed by atoms with Gasteiger partial charge in [-0.25, -0.2) is 4.79 Å². The van der Waals surface area contributed by atoms with E-state index < -0.39 is 44.2 Å². The van der Waals surface area contributed by atoms with Crippen LogP contribution >= 0.6 is 0 Å². The fraction of sp³-hybridized carbons (Fsp3) is 0.500. The molecule has 2 aromatic rings. The molecule has 0 saturated carbocycles. The third kappa shape index (κ3) is 13.6. The Bertz CT molecular complexity index is 1180. The van der Waals surface area contributed by atoms with Crippen molar-refractivity contribution in [1.29, 1.82) is 0 Å². The van der Waals surface area contributed by atoms with Crippen molar-refractivity contribution in [1.82, 2.24) is 5.32 Å². The van der Waals surface area contributed by atoms with E-state index in [0.29, 0.717) is 6.42 Å². The van der Waals surface area contributed by atoms with Crippen molar-refractivity contribution in [2.24, 2.45) is 5.41 Å². The van der Waals surface area contributed by atoms with Gasteiger partial charge in [-0.3, -0.25) is 8.37 Å². The van der Waals surface area contributed by atoms with Crippen LogP contribution in [0.1, 0.15) is 44.7 Å². The van der Waals surface area contributed by atoms with Gasteiger partial charge in [-0.2, -0.15) is 16.8 Å². The summed E-state index contributed by atoms with van der Waals surface area (Å²) in [7, 11) is -7.86. The maximum Gasteiger partial charge on any atom is 0.407 e. The summed E-state index contributed by atoms with van der Waals surface area (Å²) in [5, 5.41) is 2.62. The Morgan fingerprint density at radius 1 is 0.892 bits per heavy atom. The molecule has 0 radical (unpaired) electrons. The van der Waals surface area contributed by atoms with Gasteiger partial charge in [-0.05, 0) is 35.8 Å². The Morgan fingerprint density at radius 3 is 2.00 bits per heavy atom. The molecule has 0 aliphatic carbocycles. The lowest BCUT2D eigenvalue weighted by atomic mass is 9.99. The molecule has 0 saturated heterocycles. The second kappa shape index (κ2) is 13.9. The van der Waals surface area contributed by atoms with Gasteiger partial charge in [0.2, 0.25) is 0 Å². The number of aryl methyl sites for hydroxylation is 1. The first-order valence-electron chi connectivity index (χ1n) is 12.0. The van der Waals surface area contributed by atoms with Crippen LogP contribution < -0.4 is 5.32 Å². The third-order valence-corrected chi connectivity index (χ3v) is 6.98. The van der Waals surface area contributed by atoms with Gasteiger partial charge in [0, 0.05) is 0 Å². The predicted molar refractivity (Wildman–Crippen MR) is 142 cm³/mol. The summed E-state index contributed by atoms with van der Waals surface area (Å²) in [6, 6.07) is 17.4. The molecule has 11 heteroatoms. The molecule has 0 bridgehead atoms. The Kier molecular flexibility index (Phi) is 11.5. The Labute approximate surface area is 220 Å². The number of hydrogen-bond acceptors (Lipinski definition) is 8. The minimum Gasteiger partial charge on any atom is -0.445 e. The molecular weight excluding hydrogens is 518 g/mol. The predicted octanol–water partition coefficient (Wildman–Crippen LogP) is 4.04. The Morgan fingerprint density at radius 2 is 1.46 bits per heavy atom. The van der Waals surface area contributed by atoms with Crippen LogP contribution in [0.15, 0.2) is 60.7 Å². The number of alkyl carbamates (subject to hydrolysis) is 1. The van der Waals surface area contributed by atoms with Crippen LogP contribution in [0.5, 0.6) is 0 Å². The zero-order valence-electron chi connectivity index (χ0n) is 21.8. The second-order valence-electron chi connectivity index (χ2n) is 10.0. The highest BCUT2D eigenvalue weighted by atomic mass is 32.2. The smallest absolute Gasteiger partial charge is 0.407 e. The molecule has 37 heavy (non-hydrogen) atoms. The number of carbonyl (C=O) groups excluding carboxylic acids is 1. The van der Waals surface area contributed by atoms with Gasteiger partial charge in [-0.1, -0.05) is 81.4 Å². The largest absolute Gasteiger partial charge is 0.445 e. The molecule has 0 aromatic heterocycles. The fourth-order valence-corrected chi connectivity index (χ4v) is 5.23. The van der Waals surface area contributed by atoms with E-state index in [1.165, 1.54) is 0 Å². The lowest BCUT2D eigenvalue weighted by Crippen LogP contribution is -2.46. The third-order valence-electron chi connectivity index (χ3n) is 5.17. The average molecular weight is 556 g/mol. The standard InChI is InChI=1S/C26H37NO8S2/c1-26(2,3)20-34-37(31,32)18-17-23(27-25(28)33-19-22-13-9-6-10-14-22)24(35-36(4,29)30)16-15-21-11-7-5-8-12-21/h5-14,23-24H,15-20H2,1-4H3,(H,27,28)/t23-,24+/m0/s1. The number of ether oxygens (including phenoxy) is 1. The molecule has 0 fully saturated rings. The number of rotatable bonds is 14. The highest BCUT2D eigenvalue weighted by Crippen LogP contribution is 2.19. The van der Waals surface area contributed by atoms with E-state index >= 15 is 0 Å². The quantitative estimate of drug-likeness (QED) is 0.346. The van der Waals surface area contributed by atoms with Crippen LogP contribution in [-0.2, 0) is 46.4 Å². The highest BCUT2D eigenvalue weighted by molar-refractivity contribution is 7.86. The molecule has 206 valence electrons. The molecule has 1 amide bonds. The van der Waals surface area contributed by atoms with Crippen molar-refractivity contribution >= 4 is 26.3 Å². The van der Waals surface area contributed by atoms with Gasteiger partial charge < -0.3 is 10.1 Å². The zero-order chi connectivity index (χ0) is 27.5. The van der Waals surface area contributed by atoms with E-state index in [0.717, 1.165) is 17.4 Å². The number of benzene rings is 2. The van der Waals surface area contributed by atoms with E-state index in [1.54, 1.807) is 24.3 Å². The normalized spacial score (nSPS) is 14.1. The van der Waals surface area contributed by atoms with Gasteiger partial charge in [0.1, 0.15) is 6.61 Å². The fourth-order valence-electron chi connectivity index (χ4n) is 3.36. The monoisotopic (exact) mass is 555 g/mol. The van der Waals surface area contributed by atoms with Crippen LogP contribution in [0.25, 0.3) is 0 Å². The van der Waals surface area contributed by atoms with Crippen molar-refractivity contribution in [3.8, 4) is 0 Å². The van der Waals surface area contributed by atoms with Gasteiger partial charge in [0.15, 0.2) is 0 Å². The second-order valence-corrected chi connectivity index (χ2v) is 13.4. The van der Waals surface area contributed by atoms with E-state index in [9.17, 15) is 21.6 Å². The Balaban J connectivity index is 2.18. The van der Waals surface area contributed by atoms with E-state index in [-0.39, 0.29) is 31.5 Å².